The van der Waals surface area contributed by atoms with Gasteiger partial charge in [0.2, 0.25) is 5.91 Å². The van der Waals surface area contributed by atoms with Gasteiger partial charge in [-0.3, -0.25) is 9.59 Å². The summed E-state index contributed by atoms with van der Waals surface area (Å²) in [5.74, 6) is -0.211. The van der Waals surface area contributed by atoms with E-state index in [0.29, 0.717) is 6.61 Å². The van der Waals surface area contributed by atoms with Gasteiger partial charge in [0.15, 0.2) is 0 Å². The van der Waals surface area contributed by atoms with Gasteiger partial charge >= 0.3 is 5.97 Å². The second-order valence-corrected chi connectivity index (χ2v) is 5.47. The third kappa shape index (κ3) is 2.85. The molecule has 1 fully saturated rings. The van der Waals surface area contributed by atoms with Crippen molar-refractivity contribution < 1.29 is 14.3 Å². The minimum absolute atomic E-state index is 0.00474. The smallest absolute Gasteiger partial charge is 0.314 e. The standard InChI is InChI=1S/C14H25NO3/c1-5-7-14(8-6-2)11(9-18-13(14)17)15-12(16)10(3)4/h10-11H,5-9H2,1-4H3,(H,15,16)/t11-/m1/s1. The van der Waals surface area contributed by atoms with Gasteiger partial charge < -0.3 is 10.1 Å². The van der Waals surface area contributed by atoms with E-state index in [9.17, 15) is 9.59 Å². The summed E-state index contributed by atoms with van der Waals surface area (Å²) in [4.78, 5) is 23.9. The van der Waals surface area contributed by atoms with Crippen LogP contribution in [0.15, 0.2) is 0 Å². The van der Waals surface area contributed by atoms with E-state index in [1.807, 2.05) is 13.8 Å². The molecule has 0 saturated carbocycles. The van der Waals surface area contributed by atoms with Crippen molar-refractivity contribution in [3.05, 3.63) is 0 Å². The number of carbonyl (C=O) groups excluding carboxylic acids is 2. The minimum atomic E-state index is -0.506. The largest absolute Gasteiger partial charge is 0.463 e. The molecule has 0 spiro atoms. The van der Waals surface area contributed by atoms with Gasteiger partial charge in [-0.2, -0.15) is 0 Å². The number of cyclic esters (lactones) is 1. The number of esters is 1. The van der Waals surface area contributed by atoms with Crippen molar-refractivity contribution in [1.29, 1.82) is 0 Å². The number of rotatable bonds is 6. The molecule has 0 aromatic heterocycles. The first kappa shape index (κ1) is 15.0. The average Bonchev–Trinajstić information content (AvgIpc) is 2.59. The van der Waals surface area contributed by atoms with Crippen LogP contribution in [0.2, 0.25) is 0 Å². The lowest BCUT2D eigenvalue weighted by Crippen LogP contribution is -2.49. The zero-order valence-electron chi connectivity index (χ0n) is 11.9. The summed E-state index contributed by atoms with van der Waals surface area (Å²) in [7, 11) is 0. The zero-order valence-corrected chi connectivity index (χ0v) is 11.9. The lowest BCUT2D eigenvalue weighted by Gasteiger charge is -2.31. The van der Waals surface area contributed by atoms with E-state index in [4.69, 9.17) is 4.74 Å². The maximum Gasteiger partial charge on any atom is 0.314 e. The molecule has 18 heavy (non-hydrogen) atoms. The maximum absolute atomic E-state index is 12.1. The van der Waals surface area contributed by atoms with Gasteiger partial charge in [0.1, 0.15) is 6.61 Å². The van der Waals surface area contributed by atoms with Crippen LogP contribution in [0.3, 0.4) is 0 Å². The fourth-order valence-electron chi connectivity index (χ4n) is 2.69. The molecule has 1 aliphatic heterocycles. The van der Waals surface area contributed by atoms with Gasteiger partial charge in [0, 0.05) is 5.92 Å². The summed E-state index contributed by atoms with van der Waals surface area (Å²) in [6.07, 6.45) is 3.40. The molecule has 0 radical (unpaired) electrons. The van der Waals surface area contributed by atoms with Gasteiger partial charge in [-0.1, -0.05) is 40.5 Å². The molecule has 104 valence electrons. The summed E-state index contributed by atoms with van der Waals surface area (Å²) in [5.41, 5.74) is -0.506. The Hall–Kier alpha value is -1.06. The van der Waals surface area contributed by atoms with E-state index >= 15 is 0 Å². The van der Waals surface area contributed by atoms with Gasteiger partial charge in [-0.25, -0.2) is 0 Å². The molecule has 0 bridgehead atoms. The van der Waals surface area contributed by atoms with Crippen molar-refractivity contribution in [3.63, 3.8) is 0 Å². The van der Waals surface area contributed by atoms with E-state index in [1.54, 1.807) is 0 Å². The van der Waals surface area contributed by atoms with Crippen LogP contribution in [-0.4, -0.2) is 24.5 Å². The summed E-state index contributed by atoms with van der Waals surface area (Å²) >= 11 is 0. The molecule has 1 N–H and O–H groups in total. The predicted octanol–water partition coefficient (Wildman–Crippen LogP) is 2.27. The number of ether oxygens (including phenoxy) is 1. The molecular formula is C14H25NO3. The van der Waals surface area contributed by atoms with Gasteiger partial charge in [-0.15, -0.1) is 0 Å². The highest BCUT2D eigenvalue weighted by atomic mass is 16.5. The highest BCUT2D eigenvalue weighted by molar-refractivity contribution is 5.83. The van der Waals surface area contributed by atoms with Crippen molar-refractivity contribution in [2.24, 2.45) is 11.3 Å². The molecule has 0 aromatic carbocycles. The molecule has 1 aliphatic rings. The summed E-state index contributed by atoms with van der Waals surface area (Å²) in [6, 6.07) is -0.167. The third-order valence-electron chi connectivity index (χ3n) is 3.69. The summed E-state index contributed by atoms with van der Waals surface area (Å²) < 4.78 is 5.21. The lowest BCUT2D eigenvalue weighted by atomic mass is 9.74. The monoisotopic (exact) mass is 255 g/mol. The van der Waals surface area contributed by atoms with Crippen molar-refractivity contribution in [2.75, 3.05) is 6.61 Å². The SMILES string of the molecule is CCCC1(CCC)C(=O)OC[C@H]1NC(=O)C(C)C. The van der Waals surface area contributed by atoms with Crippen LogP contribution in [0.5, 0.6) is 0 Å². The highest BCUT2D eigenvalue weighted by Gasteiger charge is 2.51. The Kier molecular flexibility index (Phi) is 5.17. The predicted molar refractivity (Wildman–Crippen MR) is 70.0 cm³/mol. The Morgan fingerprint density at radius 3 is 2.39 bits per heavy atom. The van der Waals surface area contributed by atoms with Crippen molar-refractivity contribution >= 4 is 11.9 Å². The molecule has 1 amide bonds. The average molecular weight is 255 g/mol. The van der Waals surface area contributed by atoms with E-state index in [2.05, 4.69) is 19.2 Å². The number of nitrogens with one attached hydrogen (secondary N) is 1. The van der Waals surface area contributed by atoms with Gasteiger partial charge in [-0.05, 0) is 12.8 Å². The first-order valence-corrected chi connectivity index (χ1v) is 6.95. The number of hydrogen-bond acceptors (Lipinski definition) is 3. The Balaban J connectivity index is 2.87. The van der Waals surface area contributed by atoms with Crippen LogP contribution < -0.4 is 5.32 Å². The quantitative estimate of drug-likeness (QED) is 0.741. The summed E-state index contributed by atoms with van der Waals surface area (Å²) in [6.45, 7) is 8.15. The summed E-state index contributed by atoms with van der Waals surface area (Å²) in [5, 5.41) is 2.98. The molecule has 1 saturated heterocycles. The van der Waals surface area contributed by atoms with Gasteiger partial charge in [0.05, 0.1) is 11.5 Å². The Bertz CT molecular complexity index is 306. The maximum atomic E-state index is 12.1. The Morgan fingerprint density at radius 1 is 1.39 bits per heavy atom. The Labute approximate surface area is 109 Å². The Morgan fingerprint density at radius 2 is 1.94 bits per heavy atom. The van der Waals surface area contributed by atoms with Crippen LogP contribution in [0.25, 0.3) is 0 Å². The second kappa shape index (κ2) is 6.21. The molecule has 4 nitrogen and oxygen atoms in total. The topological polar surface area (TPSA) is 55.4 Å². The normalized spacial score (nSPS) is 22.1. The first-order chi connectivity index (χ1) is 8.47. The van der Waals surface area contributed by atoms with Crippen molar-refractivity contribution in [3.8, 4) is 0 Å². The molecule has 1 atom stereocenters. The second-order valence-electron chi connectivity index (χ2n) is 5.47. The van der Waals surface area contributed by atoms with E-state index in [-0.39, 0.29) is 23.8 Å². The molecule has 1 rings (SSSR count). The fourth-order valence-corrected chi connectivity index (χ4v) is 2.69. The number of amides is 1. The molecule has 4 heteroatoms. The third-order valence-corrected chi connectivity index (χ3v) is 3.69. The van der Waals surface area contributed by atoms with Crippen molar-refractivity contribution in [2.45, 2.75) is 59.4 Å². The zero-order chi connectivity index (χ0) is 13.8. The lowest BCUT2D eigenvalue weighted by molar-refractivity contribution is -0.147. The van der Waals surface area contributed by atoms with E-state index in [1.165, 1.54) is 0 Å². The number of hydrogen-bond donors (Lipinski definition) is 1. The molecule has 0 aliphatic carbocycles. The number of carbonyl (C=O) groups is 2. The van der Waals surface area contributed by atoms with Crippen molar-refractivity contribution in [1.82, 2.24) is 5.32 Å². The van der Waals surface area contributed by atoms with Crippen LogP contribution in [0, 0.1) is 11.3 Å². The van der Waals surface area contributed by atoms with Crippen LogP contribution in [0.1, 0.15) is 53.4 Å². The highest BCUT2D eigenvalue weighted by Crippen LogP contribution is 2.39. The van der Waals surface area contributed by atoms with Crippen LogP contribution in [-0.2, 0) is 14.3 Å². The molecule has 0 aromatic rings. The van der Waals surface area contributed by atoms with Crippen LogP contribution >= 0.6 is 0 Å². The van der Waals surface area contributed by atoms with E-state index < -0.39 is 5.41 Å². The van der Waals surface area contributed by atoms with E-state index in [0.717, 1.165) is 25.7 Å². The molecular weight excluding hydrogens is 230 g/mol. The fraction of sp³-hybridized carbons (Fsp3) is 0.857. The van der Waals surface area contributed by atoms with Gasteiger partial charge in [0.25, 0.3) is 0 Å². The van der Waals surface area contributed by atoms with Crippen LogP contribution in [0.4, 0.5) is 0 Å². The first-order valence-electron chi connectivity index (χ1n) is 6.95. The molecule has 1 heterocycles. The minimum Gasteiger partial charge on any atom is -0.463 e. The molecule has 0 unspecified atom stereocenters.